The number of carbonyl (C=O) groups excluding carboxylic acids is 1. The smallest absolute Gasteiger partial charge is 0.269 e. The lowest BCUT2D eigenvalue weighted by Crippen LogP contribution is -2.29. The molecule has 0 aromatic heterocycles. The van der Waals surface area contributed by atoms with E-state index in [4.69, 9.17) is 27.9 Å². The van der Waals surface area contributed by atoms with Crippen LogP contribution in [-0.2, 0) is 11.4 Å². The Balaban J connectivity index is 1.49. The third-order valence-corrected chi connectivity index (χ3v) is 6.74. The van der Waals surface area contributed by atoms with Crippen LogP contribution >= 0.6 is 35.0 Å². The third kappa shape index (κ3) is 6.26. The van der Waals surface area contributed by atoms with Crippen LogP contribution in [0.1, 0.15) is 24.5 Å². The Morgan fingerprint density at radius 2 is 1.81 bits per heavy atom. The van der Waals surface area contributed by atoms with E-state index < -0.39 is 4.92 Å². The molecule has 1 amide bonds. The highest BCUT2D eigenvalue weighted by atomic mass is 35.5. The number of amidine groups is 1. The molecule has 1 saturated heterocycles. The first-order valence-corrected chi connectivity index (χ1v) is 12.6. The Labute approximate surface area is 222 Å². The number of halogens is 2. The number of nitro benzene ring substituents is 1. The van der Waals surface area contributed by atoms with E-state index in [1.807, 2.05) is 13.0 Å². The number of ether oxygens (including phenoxy) is 1. The Bertz CT molecular complexity index is 1340. The molecule has 0 unspecified atom stereocenters. The van der Waals surface area contributed by atoms with Gasteiger partial charge in [0.15, 0.2) is 5.17 Å². The molecule has 0 N–H and O–H groups in total. The number of hydrogen-bond acceptors (Lipinski definition) is 6. The van der Waals surface area contributed by atoms with Crippen molar-refractivity contribution < 1.29 is 14.5 Å². The molecule has 0 aliphatic carbocycles. The monoisotopic (exact) mass is 541 g/mol. The quantitative estimate of drug-likeness (QED) is 0.167. The van der Waals surface area contributed by atoms with Crippen LogP contribution in [0.15, 0.2) is 76.6 Å². The molecule has 1 heterocycles. The summed E-state index contributed by atoms with van der Waals surface area (Å²) in [5.74, 6) is 0.365. The lowest BCUT2D eigenvalue weighted by Gasteiger charge is -2.13. The summed E-state index contributed by atoms with van der Waals surface area (Å²) >= 11 is 13.7. The molecule has 1 aliphatic rings. The molecule has 1 fully saturated rings. The number of non-ortho nitro benzene ring substituents is 1. The van der Waals surface area contributed by atoms with Gasteiger partial charge in [-0.1, -0.05) is 36.2 Å². The normalized spacial score (nSPS) is 15.6. The molecule has 184 valence electrons. The molecule has 0 radical (unpaired) electrons. The van der Waals surface area contributed by atoms with E-state index in [0.717, 1.165) is 23.2 Å². The third-order valence-electron chi connectivity index (χ3n) is 5.18. The number of nitro groups is 1. The first-order chi connectivity index (χ1) is 17.3. The van der Waals surface area contributed by atoms with Crippen molar-refractivity contribution in [2.24, 2.45) is 4.99 Å². The number of benzene rings is 3. The van der Waals surface area contributed by atoms with Gasteiger partial charge >= 0.3 is 0 Å². The summed E-state index contributed by atoms with van der Waals surface area (Å²) in [6, 6.07) is 18.5. The van der Waals surface area contributed by atoms with Gasteiger partial charge in [-0.25, -0.2) is 4.99 Å². The second kappa shape index (κ2) is 11.6. The van der Waals surface area contributed by atoms with E-state index in [-0.39, 0.29) is 18.2 Å². The van der Waals surface area contributed by atoms with Crippen molar-refractivity contribution in [2.75, 3.05) is 6.54 Å². The number of amides is 1. The second-order valence-electron chi connectivity index (χ2n) is 7.84. The summed E-state index contributed by atoms with van der Waals surface area (Å²) in [5, 5.41) is 12.4. The zero-order valence-corrected chi connectivity index (χ0v) is 21.5. The summed E-state index contributed by atoms with van der Waals surface area (Å²) in [5.41, 5.74) is 2.27. The van der Waals surface area contributed by atoms with E-state index >= 15 is 0 Å². The minimum atomic E-state index is -0.448. The molecule has 4 rings (SSSR count). The molecule has 0 saturated carbocycles. The number of hydrogen-bond donors (Lipinski definition) is 0. The highest BCUT2D eigenvalue weighted by molar-refractivity contribution is 8.18. The number of rotatable bonds is 8. The van der Waals surface area contributed by atoms with E-state index in [1.165, 1.54) is 23.9 Å². The fraction of sp³-hybridized carbons (Fsp3) is 0.154. The Kier molecular flexibility index (Phi) is 8.30. The molecule has 0 atom stereocenters. The molecular weight excluding hydrogens is 521 g/mol. The van der Waals surface area contributed by atoms with E-state index in [9.17, 15) is 14.9 Å². The van der Waals surface area contributed by atoms with Gasteiger partial charge in [-0.05, 0) is 83.9 Å². The summed E-state index contributed by atoms with van der Waals surface area (Å²) < 4.78 is 5.78. The van der Waals surface area contributed by atoms with E-state index in [1.54, 1.807) is 59.5 Å². The predicted octanol–water partition coefficient (Wildman–Crippen LogP) is 7.49. The number of aliphatic imine (C=N–C) groups is 1. The molecule has 7 nitrogen and oxygen atoms in total. The van der Waals surface area contributed by atoms with Crippen LogP contribution in [0.3, 0.4) is 0 Å². The van der Waals surface area contributed by atoms with Crippen molar-refractivity contribution in [3.63, 3.8) is 0 Å². The van der Waals surface area contributed by atoms with Gasteiger partial charge in [0, 0.05) is 23.7 Å². The summed E-state index contributed by atoms with van der Waals surface area (Å²) in [7, 11) is 0. The van der Waals surface area contributed by atoms with Crippen LogP contribution < -0.4 is 4.74 Å². The van der Waals surface area contributed by atoms with Gasteiger partial charge in [0.1, 0.15) is 12.4 Å². The van der Waals surface area contributed by atoms with Crippen molar-refractivity contribution in [1.82, 2.24) is 4.90 Å². The Morgan fingerprint density at radius 1 is 1.08 bits per heavy atom. The fourth-order valence-corrected chi connectivity index (χ4v) is 4.78. The van der Waals surface area contributed by atoms with Gasteiger partial charge in [0.2, 0.25) is 0 Å². The highest BCUT2D eigenvalue weighted by Crippen LogP contribution is 2.35. The molecule has 3 aromatic carbocycles. The number of nitrogens with zero attached hydrogens (tertiary/aromatic N) is 3. The van der Waals surface area contributed by atoms with Crippen LogP contribution in [0, 0.1) is 10.1 Å². The lowest BCUT2D eigenvalue weighted by molar-refractivity contribution is -0.384. The van der Waals surface area contributed by atoms with Crippen LogP contribution in [0.5, 0.6) is 5.75 Å². The van der Waals surface area contributed by atoms with Gasteiger partial charge in [0.25, 0.3) is 11.6 Å². The van der Waals surface area contributed by atoms with Gasteiger partial charge in [-0.2, -0.15) is 0 Å². The van der Waals surface area contributed by atoms with Gasteiger partial charge < -0.3 is 4.74 Å². The molecule has 1 aliphatic heterocycles. The molecule has 0 spiro atoms. The van der Waals surface area contributed by atoms with Gasteiger partial charge in [-0.3, -0.25) is 19.8 Å². The highest BCUT2D eigenvalue weighted by Gasteiger charge is 2.32. The van der Waals surface area contributed by atoms with E-state index in [2.05, 4.69) is 4.99 Å². The molecular formula is C26H21Cl2N3O4S. The first-order valence-electron chi connectivity index (χ1n) is 11.1. The molecule has 0 bridgehead atoms. The number of thioether (sulfide) groups is 1. The zero-order valence-electron chi connectivity index (χ0n) is 19.2. The van der Waals surface area contributed by atoms with Crippen LogP contribution in [-0.4, -0.2) is 27.4 Å². The SMILES string of the molecule is CCCN1C(=O)/C(=C/c2ccc(OCc3ccc([N+](=O)[O-])cc3)c(Cl)c2)SC1=Nc1ccc(Cl)cc1. The van der Waals surface area contributed by atoms with Gasteiger partial charge in [0.05, 0.1) is 20.5 Å². The van der Waals surface area contributed by atoms with Crippen molar-refractivity contribution in [2.45, 2.75) is 20.0 Å². The maximum Gasteiger partial charge on any atom is 0.269 e. The largest absolute Gasteiger partial charge is 0.487 e. The molecule has 36 heavy (non-hydrogen) atoms. The maximum atomic E-state index is 13.1. The molecule has 10 heteroatoms. The van der Waals surface area contributed by atoms with Crippen molar-refractivity contribution in [3.8, 4) is 5.75 Å². The number of carbonyl (C=O) groups is 1. The Hall–Kier alpha value is -3.33. The van der Waals surface area contributed by atoms with Crippen LogP contribution in [0.25, 0.3) is 6.08 Å². The zero-order chi connectivity index (χ0) is 25.7. The van der Waals surface area contributed by atoms with Crippen molar-refractivity contribution in [1.29, 1.82) is 0 Å². The van der Waals surface area contributed by atoms with E-state index in [0.29, 0.717) is 32.4 Å². The second-order valence-corrected chi connectivity index (χ2v) is 9.69. The topological polar surface area (TPSA) is 85.0 Å². The predicted molar refractivity (Wildman–Crippen MR) is 145 cm³/mol. The summed E-state index contributed by atoms with van der Waals surface area (Å²) in [4.78, 5) is 30.3. The molecule has 3 aromatic rings. The van der Waals surface area contributed by atoms with Crippen molar-refractivity contribution in [3.05, 3.63) is 103 Å². The fourth-order valence-electron chi connectivity index (χ4n) is 3.39. The minimum absolute atomic E-state index is 0.0207. The Morgan fingerprint density at radius 3 is 2.44 bits per heavy atom. The summed E-state index contributed by atoms with van der Waals surface area (Å²) in [6.07, 6.45) is 2.58. The maximum absolute atomic E-state index is 13.1. The standard InChI is InChI=1S/C26H21Cl2N3O4S/c1-2-13-30-25(32)24(36-26(30)29-20-8-6-19(27)7-9-20)15-18-5-12-23(22(28)14-18)35-16-17-3-10-21(11-4-17)31(33)34/h3-12,14-15H,2,13,16H2,1H3/b24-15-,29-26?. The van der Waals surface area contributed by atoms with Crippen molar-refractivity contribution >= 4 is 63.5 Å². The summed E-state index contributed by atoms with van der Waals surface area (Å²) in [6.45, 7) is 2.78. The average molecular weight is 542 g/mol. The van der Waals surface area contributed by atoms with Crippen LogP contribution in [0.4, 0.5) is 11.4 Å². The lowest BCUT2D eigenvalue weighted by atomic mass is 10.2. The minimum Gasteiger partial charge on any atom is -0.487 e. The first kappa shape index (κ1) is 25.8. The van der Waals surface area contributed by atoms with Gasteiger partial charge in [-0.15, -0.1) is 0 Å². The average Bonchev–Trinajstić information content (AvgIpc) is 3.14. The van der Waals surface area contributed by atoms with Crippen LogP contribution in [0.2, 0.25) is 10.0 Å².